The number of aryl methyl sites for hydroxylation is 2. The van der Waals surface area contributed by atoms with Crippen molar-refractivity contribution < 1.29 is 29.6 Å². The van der Waals surface area contributed by atoms with Crippen molar-refractivity contribution >= 4 is 11.9 Å². The summed E-state index contributed by atoms with van der Waals surface area (Å²) in [5.74, 6) is -1.54. The molecule has 4 rings (SSSR count). The molecule has 0 radical (unpaired) electrons. The van der Waals surface area contributed by atoms with Gasteiger partial charge >= 0.3 is 11.9 Å². The Balaban J connectivity index is 0.000000226. The number of ether oxygens (including phenoxy) is 1. The molecule has 206 valence electrons. The minimum absolute atomic E-state index is 0.0935. The molecule has 0 heterocycles. The largest absolute Gasteiger partial charge is 0.478 e. The van der Waals surface area contributed by atoms with Crippen LogP contribution in [0.3, 0.4) is 0 Å². The average Bonchev–Trinajstić information content (AvgIpc) is 3.00. The Bertz CT molecular complexity index is 1700. The molecule has 0 spiro atoms. The van der Waals surface area contributed by atoms with Crippen molar-refractivity contribution in [1.29, 1.82) is 10.5 Å². The third kappa shape index (κ3) is 7.43. The Morgan fingerprint density at radius 1 is 0.707 bits per heavy atom. The molecule has 0 amide bonds. The number of aliphatic hydroxyl groups is 2. The van der Waals surface area contributed by atoms with E-state index in [-0.39, 0.29) is 18.8 Å². The molecule has 0 fully saturated rings. The first-order valence-electron chi connectivity index (χ1n) is 12.5. The molecule has 0 atom stereocenters. The van der Waals surface area contributed by atoms with Crippen LogP contribution in [0.25, 0.3) is 22.3 Å². The van der Waals surface area contributed by atoms with Crippen LogP contribution in [0, 0.1) is 36.5 Å². The van der Waals surface area contributed by atoms with E-state index in [0.29, 0.717) is 44.5 Å². The molecule has 0 aliphatic rings. The summed E-state index contributed by atoms with van der Waals surface area (Å²) in [4.78, 5) is 22.8. The topological polar surface area (TPSA) is 152 Å². The molecule has 0 saturated carbocycles. The average molecular weight is 549 g/mol. The summed E-state index contributed by atoms with van der Waals surface area (Å²) in [6, 6.07) is 24.8. The van der Waals surface area contributed by atoms with Gasteiger partial charge in [-0.3, -0.25) is 0 Å². The van der Waals surface area contributed by atoms with E-state index < -0.39 is 11.9 Å². The van der Waals surface area contributed by atoms with Gasteiger partial charge in [-0.15, -0.1) is 0 Å². The number of carbonyl (C=O) groups excluding carboxylic acids is 1. The number of aromatic carboxylic acids is 1. The fraction of sp³-hybridized carbons (Fsp3) is 0.152. The molecule has 0 aromatic heterocycles. The van der Waals surface area contributed by atoms with Crippen LogP contribution in [0.15, 0.2) is 72.8 Å². The summed E-state index contributed by atoms with van der Waals surface area (Å²) in [7, 11) is 1.31. The maximum absolute atomic E-state index is 11.7. The molecule has 0 saturated heterocycles. The highest BCUT2D eigenvalue weighted by Crippen LogP contribution is 2.28. The number of nitriles is 2. The lowest BCUT2D eigenvalue weighted by atomic mass is 9.95. The number of hydrogen-bond acceptors (Lipinski definition) is 7. The van der Waals surface area contributed by atoms with Gasteiger partial charge in [0.15, 0.2) is 0 Å². The summed E-state index contributed by atoms with van der Waals surface area (Å²) in [5, 5.41) is 46.1. The van der Waals surface area contributed by atoms with Crippen LogP contribution in [-0.2, 0) is 18.0 Å². The number of benzene rings is 4. The van der Waals surface area contributed by atoms with Gasteiger partial charge in [-0.2, -0.15) is 10.5 Å². The van der Waals surface area contributed by atoms with Crippen molar-refractivity contribution in [3.63, 3.8) is 0 Å². The van der Waals surface area contributed by atoms with E-state index in [1.807, 2.05) is 32.0 Å². The zero-order valence-corrected chi connectivity index (χ0v) is 22.8. The second-order valence-electron chi connectivity index (χ2n) is 9.27. The van der Waals surface area contributed by atoms with E-state index in [4.69, 9.17) is 9.84 Å². The predicted molar refractivity (Wildman–Crippen MR) is 153 cm³/mol. The van der Waals surface area contributed by atoms with E-state index >= 15 is 0 Å². The molecule has 4 aromatic rings. The van der Waals surface area contributed by atoms with Crippen molar-refractivity contribution in [3.05, 3.63) is 117 Å². The van der Waals surface area contributed by atoms with Gasteiger partial charge in [-0.1, -0.05) is 24.3 Å². The maximum atomic E-state index is 11.7. The Labute approximate surface area is 237 Å². The first kappa shape index (κ1) is 30.3. The SMILES string of the molecule is COC(=O)c1cc(CO)cc(-c2ccc(C)cc2C#N)c1.Cc1ccc(-c2cc(CO)cc(C(=O)O)c2)c(C#N)c1. The lowest BCUT2D eigenvalue weighted by Gasteiger charge is -2.10. The van der Waals surface area contributed by atoms with E-state index in [9.17, 15) is 30.3 Å². The van der Waals surface area contributed by atoms with E-state index in [0.717, 1.165) is 16.7 Å². The number of rotatable bonds is 6. The number of carbonyl (C=O) groups is 2. The highest BCUT2D eigenvalue weighted by molar-refractivity contribution is 5.92. The third-order valence-corrected chi connectivity index (χ3v) is 6.23. The van der Waals surface area contributed by atoms with Crippen molar-refractivity contribution in [2.45, 2.75) is 27.1 Å². The quantitative estimate of drug-likeness (QED) is 0.266. The Hall–Kier alpha value is -5.28. The number of nitrogens with zero attached hydrogens (tertiary/aromatic N) is 2. The molecular weight excluding hydrogens is 520 g/mol. The van der Waals surface area contributed by atoms with Gasteiger partial charge in [0.2, 0.25) is 0 Å². The molecule has 0 aliphatic carbocycles. The maximum Gasteiger partial charge on any atom is 0.337 e. The van der Waals surface area contributed by atoms with Gasteiger partial charge in [-0.25, -0.2) is 9.59 Å². The van der Waals surface area contributed by atoms with Crippen LogP contribution >= 0.6 is 0 Å². The summed E-state index contributed by atoms with van der Waals surface area (Å²) in [5.41, 5.74) is 7.21. The van der Waals surface area contributed by atoms with Crippen LogP contribution < -0.4 is 0 Å². The predicted octanol–water partition coefficient (Wildman–Crippen LogP) is 5.54. The standard InChI is InChI=1S/C17H15NO3.C16H13NO3/c1-11-3-4-16(15(5-11)9-18)13-6-12(10-19)7-14(8-13)17(20)21-2;1-10-2-3-15(14(4-10)8-17)12-5-11(9-18)6-13(7-12)16(19)20/h3-8,19H,10H2,1-2H3;2-7,18H,9H2,1H3,(H,19,20). The number of aliphatic hydroxyl groups excluding tert-OH is 2. The normalized spacial score (nSPS) is 10.0. The zero-order chi connectivity index (χ0) is 30.1. The van der Waals surface area contributed by atoms with Gasteiger partial charge in [0.25, 0.3) is 0 Å². The highest BCUT2D eigenvalue weighted by atomic mass is 16.5. The van der Waals surface area contributed by atoms with Gasteiger partial charge in [0.1, 0.15) is 0 Å². The second-order valence-corrected chi connectivity index (χ2v) is 9.27. The summed E-state index contributed by atoms with van der Waals surface area (Å²) in [6.07, 6.45) is 0. The monoisotopic (exact) mass is 548 g/mol. The lowest BCUT2D eigenvalue weighted by Crippen LogP contribution is -2.03. The minimum atomic E-state index is -1.06. The second kappa shape index (κ2) is 13.7. The number of hydrogen-bond donors (Lipinski definition) is 3. The number of carboxylic acid groups (broad SMARTS) is 1. The van der Waals surface area contributed by atoms with Crippen molar-refractivity contribution in [1.82, 2.24) is 0 Å². The molecule has 3 N–H and O–H groups in total. The smallest absolute Gasteiger partial charge is 0.337 e. The fourth-order valence-corrected chi connectivity index (χ4v) is 4.24. The summed E-state index contributed by atoms with van der Waals surface area (Å²) < 4.78 is 4.72. The summed E-state index contributed by atoms with van der Waals surface area (Å²) in [6.45, 7) is 3.36. The van der Waals surface area contributed by atoms with Crippen molar-refractivity contribution in [2.75, 3.05) is 7.11 Å². The van der Waals surface area contributed by atoms with Gasteiger partial charge < -0.3 is 20.1 Å². The van der Waals surface area contributed by atoms with Crippen LogP contribution in [0.4, 0.5) is 0 Å². The molecule has 4 aromatic carbocycles. The van der Waals surface area contributed by atoms with E-state index in [2.05, 4.69) is 12.1 Å². The number of esters is 1. The Morgan fingerprint density at radius 3 is 1.54 bits per heavy atom. The van der Waals surface area contributed by atoms with E-state index in [1.165, 1.54) is 19.2 Å². The van der Waals surface area contributed by atoms with Gasteiger partial charge in [0.05, 0.1) is 54.7 Å². The van der Waals surface area contributed by atoms with Crippen LogP contribution in [0.1, 0.15) is 54.1 Å². The van der Waals surface area contributed by atoms with Crippen LogP contribution in [0.5, 0.6) is 0 Å². The molecule has 8 nitrogen and oxygen atoms in total. The third-order valence-electron chi connectivity index (χ3n) is 6.23. The number of methoxy groups -OCH3 is 1. The highest BCUT2D eigenvalue weighted by Gasteiger charge is 2.13. The number of carboxylic acids is 1. The molecule has 0 unspecified atom stereocenters. The van der Waals surface area contributed by atoms with Crippen LogP contribution in [0.2, 0.25) is 0 Å². The Morgan fingerprint density at radius 2 is 1.15 bits per heavy atom. The molecule has 0 bridgehead atoms. The molecular formula is C33H28N2O6. The van der Waals surface area contributed by atoms with Crippen molar-refractivity contribution in [3.8, 4) is 34.4 Å². The van der Waals surface area contributed by atoms with Gasteiger partial charge in [-0.05, 0) is 107 Å². The molecule has 8 heteroatoms. The van der Waals surface area contributed by atoms with Crippen LogP contribution in [-0.4, -0.2) is 34.4 Å². The van der Waals surface area contributed by atoms with Crippen molar-refractivity contribution in [2.24, 2.45) is 0 Å². The van der Waals surface area contributed by atoms with E-state index in [1.54, 1.807) is 42.5 Å². The Kier molecular flexibility index (Phi) is 10.1. The molecule has 41 heavy (non-hydrogen) atoms. The minimum Gasteiger partial charge on any atom is -0.478 e. The fourth-order valence-electron chi connectivity index (χ4n) is 4.24. The lowest BCUT2D eigenvalue weighted by molar-refractivity contribution is 0.0599. The summed E-state index contributed by atoms with van der Waals surface area (Å²) >= 11 is 0. The van der Waals surface area contributed by atoms with Gasteiger partial charge in [0, 0.05) is 0 Å². The zero-order valence-electron chi connectivity index (χ0n) is 22.8. The first-order chi connectivity index (χ1) is 19.6. The first-order valence-corrected chi connectivity index (χ1v) is 12.5. The molecule has 0 aliphatic heterocycles.